The number of thiophene rings is 1. The molecule has 2 aromatic carbocycles. The molecule has 1 aromatic heterocycles. The molecule has 0 fully saturated rings. The van der Waals surface area contributed by atoms with E-state index in [2.05, 4.69) is 15.8 Å². The van der Waals surface area contributed by atoms with Gasteiger partial charge in [0, 0.05) is 5.69 Å². The molecule has 3 rings (SSSR count). The molecule has 2 amide bonds. The average molecular weight is 442 g/mol. The predicted molar refractivity (Wildman–Crippen MR) is 121 cm³/mol. The number of carbonyl (C=O) groups is 2. The molecular formula is C22H20ClN3O3S. The van der Waals surface area contributed by atoms with Crippen LogP contribution in [-0.4, -0.2) is 24.6 Å². The van der Waals surface area contributed by atoms with Gasteiger partial charge in [0.2, 0.25) is 5.91 Å². The Hall–Kier alpha value is -3.16. The molecule has 154 valence electrons. The number of carbonyl (C=O) groups excluding carboxylic acids is 2. The van der Waals surface area contributed by atoms with Gasteiger partial charge in [0.1, 0.15) is 5.75 Å². The number of hydrazone groups is 1. The van der Waals surface area contributed by atoms with Gasteiger partial charge in [0.05, 0.1) is 28.5 Å². The van der Waals surface area contributed by atoms with E-state index in [1.54, 1.807) is 38.3 Å². The van der Waals surface area contributed by atoms with E-state index in [-0.39, 0.29) is 18.2 Å². The molecule has 30 heavy (non-hydrogen) atoms. The van der Waals surface area contributed by atoms with E-state index >= 15 is 0 Å². The molecule has 0 unspecified atom stereocenters. The second-order valence-electron chi connectivity index (χ2n) is 6.40. The quantitative estimate of drug-likeness (QED) is 0.410. The molecule has 0 saturated heterocycles. The summed E-state index contributed by atoms with van der Waals surface area (Å²) in [7, 11) is 1.60. The lowest BCUT2D eigenvalue weighted by Gasteiger charge is -2.08. The van der Waals surface area contributed by atoms with Crippen molar-refractivity contribution in [1.82, 2.24) is 5.43 Å². The first-order valence-corrected chi connectivity index (χ1v) is 10.3. The van der Waals surface area contributed by atoms with Crippen molar-refractivity contribution >= 4 is 46.2 Å². The van der Waals surface area contributed by atoms with Crippen LogP contribution in [0.4, 0.5) is 5.69 Å². The largest absolute Gasteiger partial charge is 0.497 e. The Morgan fingerprint density at radius 3 is 2.53 bits per heavy atom. The van der Waals surface area contributed by atoms with E-state index in [0.717, 1.165) is 16.9 Å². The fraction of sp³-hybridized carbons (Fsp3) is 0.136. The first kappa shape index (κ1) is 21.5. The van der Waals surface area contributed by atoms with Gasteiger partial charge < -0.3 is 10.1 Å². The zero-order valence-corrected chi connectivity index (χ0v) is 18.0. The third-order valence-corrected chi connectivity index (χ3v) is 5.44. The molecule has 0 aliphatic heterocycles. The minimum atomic E-state index is -0.324. The van der Waals surface area contributed by atoms with Crippen molar-refractivity contribution in [2.45, 2.75) is 13.3 Å². The number of anilines is 1. The van der Waals surface area contributed by atoms with Crippen molar-refractivity contribution in [1.29, 1.82) is 0 Å². The summed E-state index contributed by atoms with van der Waals surface area (Å²) in [5.74, 6) is 0.292. The first-order valence-electron chi connectivity index (χ1n) is 9.08. The van der Waals surface area contributed by atoms with E-state index in [1.807, 2.05) is 36.4 Å². The van der Waals surface area contributed by atoms with Crippen LogP contribution in [0.2, 0.25) is 4.34 Å². The number of hydrogen-bond donors (Lipinski definition) is 2. The van der Waals surface area contributed by atoms with Crippen LogP contribution in [0.3, 0.4) is 0 Å². The van der Waals surface area contributed by atoms with E-state index < -0.39 is 0 Å². The minimum absolute atomic E-state index is 0.130. The molecule has 1 heterocycles. The number of nitrogens with zero attached hydrogens (tertiary/aromatic N) is 1. The second-order valence-corrected chi connectivity index (χ2v) is 8.11. The van der Waals surface area contributed by atoms with Crippen LogP contribution in [0.25, 0.3) is 0 Å². The van der Waals surface area contributed by atoms with Gasteiger partial charge in [0.15, 0.2) is 0 Å². The Morgan fingerprint density at radius 1 is 1.10 bits per heavy atom. The van der Waals surface area contributed by atoms with E-state index in [1.165, 1.54) is 11.3 Å². The Kier molecular flexibility index (Phi) is 7.21. The molecule has 0 aliphatic carbocycles. The summed E-state index contributed by atoms with van der Waals surface area (Å²) in [6.07, 6.45) is 0.251. The Labute approximate surface area is 183 Å². The highest BCUT2D eigenvalue weighted by atomic mass is 35.5. The Balaban J connectivity index is 1.61. The third-order valence-electron chi connectivity index (χ3n) is 4.21. The molecule has 6 nitrogen and oxygen atoms in total. The van der Waals surface area contributed by atoms with E-state index in [0.29, 0.717) is 20.6 Å². The molecule has 0 bridgehead atoms. The number of hydrogen-bond acceptors (Lipinski definition) is 5. The molecule has 0 radical (unpaired) electrons. The zero-order chi connectivity index (χ0) is 21.5. The maximum atomic E-state index is 12.4. The van der Waals surface area contributed by atoms with Gasteiger partial charge >= 0.3 is 0 Å². The summed E-state index contributed by atoms with van der Waals surface area (Å²) >= 11 is 7.03. The lowest BCUT2D eigenvalue weighted by atomic mass is 10.1. The Bertz CT molecular complexity index is 1080. The molecule has 0 spiro atoms. The van der Waals surface area contributed by atoms with E-state index in [4.69, 9.17) is 16.3 Å². The van der Waals surface area contributed by atoms with Crippen LogP contribution in [0.1, 0.15) is 27.7 Å². The highest BCUT2D eigenvalue weighted by Crippen LogP contribution is 2.21. The summed E-state index contributed by atoms with van der Waals surface area (Å²) in [5.41, 5.74) is 5.44. The number of nitrogens with one attached hydrogen (secondary N) is 2. The van der Waals surface area contributed by atoms with E-state index in [9.17, 15) is 9.59 Å². The van der Waals surface area contributed by atoms with Gasteiger partial charge in [-0.15, -0.1) is 11.3 Å². The van der Waals surface area contributed by atoms with Crippen LogP contribution >= 0.6 is 22.9 Å². The standard InChI is InChI=1S/C22H20ClN3O3S/c1-14(25-26-22(28)19-10-11-20(23)30-19)16-4-3-5-17(13-16)24-21(27)12-15-6-8-18(29-2)9-7-15/h3-11,13H,12H2,1-2H3,(H,24,27)(H,26,28)/b25-14+. The lowest BCUT2D eigenvalue weighted by molar-refractivity contribution is -0.115. The van der Waals surface area contributed by atoms with Gasteiger partial charge in [-0.25, -0.2) is 5.43 Å². The van der Waals surface area contributed by atoms with Crippen LogP contribution < -0.4 is 15.5 Å². The molecule has 0 aliphatic rings. The molecule has 0 atom stereocenters. The summed E-state index contributed by atoms with van der Waals surface area (Å²) in [6.45, 7) is 1.78. The van der Waals surface area contributed by atoms with Gasteiger partial charge in [-0.05, 0) is 54.4 Å². The monoisotopic (exact) mass is 441 g/mol. The predicted octanol–water partition coefficient (Wildman–Crippen LogP) is 4.75. The lowest BCUT2D eigenvalue weighted by Crippen LogP contribution is -2.18. The van der Waals surface area contributed by atoms with Crippen molar-refractivity contribution < 1.29 is 14.3 Å². The minimum Gasteiger partial charge on any atom is -0.497 e. The average Bonchev–Trinajstić information content (AvgIpc) is 3.19. The van der Waals surface area contributed by atoms with Crippen molar-refractivity contribution in [3.8, 4) is 5.75 Å². The van der Waals surface area contributed by atoms with Gasteiger partial charge in [0.25, 0.3) is 5.91 Å². The van der Waals surface area contributed by atoms with Crippen LogP contribution in [-0.2, 0) is 11.2 Å². The fourth-order valence-electron chi connectivity index (χ4n) is 2.65. The highest BCUT2D eigenvalue weighted by molar-refractivity contribution is 7.17. The molecule has 0 saturated carbocycles. The van der Waals surface area contributed by atoms with Crippen LogP contribution in [0.15, 0.2) is 65.8 Å². The maximum absolute atomic E-state index is 12.4. The molecule has 3 aromatic rings. The second kappa shape index (κ2) is 10.0. The van der Waals surface area contributed by atoms with Crippen molar-refractivity contribution in [3.05, 3.63) is 81.0 Å². The first-order chi connectivity index (χ1) is 14.4. The third kappa shape index (κ3) is 5.92. The number of ether oxygens (including phenoxy) is 1. The topological polar surface area (TPSA) is 79.8 Å². The number of methoxy groups -OCH3 is 1. The van der Waals surface area contributed by atoms with Crippen molar-refractivity contribution in [2.75, 3.05) is 12.4 Å². The summed E-state index contributed by atoms with van der Waals surface area (Å²) in [6, 6.07) is 17.9. The van der Waals surface area contributed by atoms with Crippen molar-refractivity contribution in [3.63, 3.8) is 0 Å². The number of benzene rings is 2. The Morgan fingerprint density at radius 2 is 1.87 bits per heavy atom. The molecule has 2 N–H and O–H groups in total. The molecular weight excluding hydrogens is 422 g/mol. The highest BCUT2D eigenvalue weighted by Gasteiger charge is 2.09. The number of halogens is 1. The number of rotatable bonds is 7. The van der Waals surface area contributed by atoms with Crippen LogP contribution in [0.5, 0.6) is 5.75 Å². The van der Waals surface area contributed by atoms with Crippen LogP contribution in [0, 0.1) is 0 Å². The number of amides is 2. The molecule has 8 heteroatoms. The fourth-order valence-corrected chi connectivity index (χ4v) is 3.58. The van der Waals surface area contributed by atoms with Gasteiger partial charge in [-0.3, -0.25) is 9.59 Å². The maximum Gasteiger partial charge on any atom is 0.281 e. The SMILES string of the molecule is COc1ccc(CC(=O)Nc2cccc(/C(C)=N/NC(=O)c3ccc(Cl)s3)c2)cc1. The van der Waals surface area contributed by atoms with Crippen molar-refractivity contribution in [2.24, 2.45) is 5.10 Å². The summed E-state index contributed by atoms with van der Waals surface area (Å²) < 4.78 is 5.66. The summed E-state index contributed by atoms with van der Waals surface area (Å²) in [5, 5.41) is 7.02. The smallest absolute Gasteiger partial charge is 0.281 e. The normalized spacial score (nSPS) is 11.1. The summed E-state index contributed by atoms with van der Waals surface area (Å²) in [4.78, 5) is 24.9. The van der Waals surface area contributed by atoms with Gasteiger partial charge in [-0.2, -0.15) is 5.10 Å². The van der Waals surface area contributed by atoms with Gasteiger partial charge in [-0.1, -0.05) is 35.9 Å². The zero-order valence-electron chi connectivity index (χ0n) is 16.4.